The number of likely N-dealkylation sites (N-methyl/N-ethyl adjacent to an activating group) is 1. The average molecular weight is 683 g/mol. The SMILES string of the molecule is CCN1C[C@]2(OC(=O)c3ccccc3NS(=O)(=O)c3ccccc3)CC[C@H](OC)[C@]34C1[C@H](C[C@H]23)[C@@]1(O)C[C@H](OC)[C@H]2C[C@@H]4[C@]1(O)[C@H]2OC. The normalized spacial score (nSPS) is 44.0. The largest absolute Gasteiger partial charge is 0.454 e. The molecule has 7 bridgehead atoms. The fourth-order valence-corrected chi connectivity index (χ4v) is 13.3. The molecule has 12 heteroatoms. The number of ether oxygens (including phenoxy) is 4. The number of piperidine rings is 1. The van der Waals surface area contributed by atoms with E-state index in [0.29, 0.717) is 45.2 Å². The summed E-state index contributed by atoms with van der Waals surface area (Å²) in [7, 11) is 1.03. The van der Waals surface area contributed by atoms with Gasteiger partial charge in [0.1, 0.15) is 16.8 Å². The van der Waals surface area contributed by atoms with Gasteiger partial charge in [0.25, 0.3) is 10.0 Å². The van der Waals surface area contributed by atoms with Gasteiger partial charge in [-0.15, -0.1) is 0 Å². The highest BCUT2D eigenvalue weighted by molar-refractivity contribution is 7.92. The van der Waals surface area contributed by atoms with Crippen molar-refractivity contribution >= 4 is 21.7 Å². The Labute approximate surface area is 281 Å². The number of rotatable bonds is 9. The molecule has 48 heavy (non-hydrogen) atoms. The van der Waals surface area contributed by atoms with E-state index in [-0.39, 0.29) is 58.1 Å². The molecule has 0 amide bonds. The predicted molar refractivity (Wildman–Crippen MR) is 175 cm³/mol. The third kappa shape index (κ3) is 3.91. The summed E-state index contributed by atoms with van der Waals surface area (Å²) in [6.07, 6.45) is 1.50. The molecular formula is C36H46N2O9S. The number of benzene rings is 2. The van der Waals surface area contributed by atoms with Gasteiger partial charge in [0.15, 0.2) is 0 Å². The first kappa shape index (κ1) is 32.6. The van der Waals surface area contributed by atoms with Gasteiger partial charge in [0.2, 0.25) is 0 Å². The van der Waals surface area contributed by atoms with Crippen molar-refractivity contribution in [1.29, 1.82) is 0 Å². The van der Waals surface area contributed by atoms with Gasteiger partial charge in [0, 0.05) is 69.4 Å². The second-order valence-corrected chi connectivity index (χ2v) is 16.6. The zero-order chi connectivity index (χ0) is 33.9. The summed E-state index contributed by atoms with van der Waals surface area (Å²) in [5, 5.41) is 25.9. The maximum Gasteiger partial charge on any atom is 0.340 e. The summed E-state index contributed by atoms with van der Waals surface area (Å²) in [6, 6.07) is 14.4. The van der Waals surface area contributed by atoms with Gasteiger partial charge in [-0.25, -0.2) is 13.2 Å². The fourth-order valence-electron chi connectivity index (χ4n) is 12.2. The molecule has 0 radical (unpaired) electrons. The van der Waals surface area contributed by atoms with Crippen molar-refractivity contribution in [2.45, 2.75) is 85.1 Å². The van der Waals surface area contributed by atoms with Crippen LogP contribution in [0.2, 0.25) is 0 Å². The number of nitrogens with one attached hydrogen (secondary N) is 1. The topological polar surface area (TPSA) is 144 Å². The minimum absolute atomic E-state index is 0.0862. The van der Waals surface area contributed by atoms with E-state index in [2.05, 4.69) is 16.5 Å². The summed E-state index contributed by atoms with van der Waals surface area (Å²) in [5.41, 5.74) is -4.33. The second kappa shape index (κ2) is 11.0. The van der Waals surface area contributed by atoms with E-state index in [4.69, 9.17) is 18.9 Å². The molecule has 6 aliphatic rings. The zero-order valence-corrected chi connectivity index (χ0v) is 28.7. The maximum absolute atomic E-state index is 14.4. The van der Waals surface area contributed by atoms with Gasteiger partial charge < -0.3 is 29.2 Å². The van der Waals surface area contributed by atoms with Gasteiger partial charge in [0.05, 0.1) is 34.5 Å². The van der Waals surface area contributed by atoms with Crippen LogP contribution in [0.25, 0.3) is 0 Å². The summed E-state index contributed by atoms with van der Waals surface area (Å²) in [4.78, 5) is 16.8. The Hall–Kier alpha value is -2.58. The van der Waals surface area contributed by atoms with Crippen molar-refractivity contribution in [3.63, 3.8) is 0 Å². The van der Waals surface area contributed by atoms with Crippen LogP contribution >= 0.6 is 0 Å². The number of methoxy groups -OCH3 is 3. The van der Waals surface area contributed by atoms with Crippen LogP contribution in [0, 0.1) is 29.1 Å². The van der Waals surface area contributed by atoms with Crippen molar-refractivity contribution in [2.24, 2.45) is 29.1 Å². The van der Waals surface area contributed by atoms with E-state index in [0.717, 1.165) is 0 Å². The Morgan fingerprint density at radius 1 is 0.979 bits per heavy atom. The van der Waals surface area contributed by atoms with Crippen LogP contribution in [0.15, 0.2) is 59.5 Å². The number of likely N-dealkylation sites (tertiary alicyclic amines) is 1. The van der Waals surface area contributed by atoms with Crippen molar-refractivity contribution in [3.05, 3.63) is 60.2 Å². The number of sulfonamides is 1. The molecule has 12 atom stereocenters. The third-order valence-corrected chi connectivity index (χ3v) is 15.0. The van der Waals surface area contributed by atoms with Crippen molar-refractivity contribution in [3.8, 4) is 0 Å². The van der Waals surface area contributed by atoms with Gasteiger partial charge in [-0.3, -0.25) is 9.62 Å². The molecule has 3 N–H and O–H groups in total. The van der Waals surface area contributed by atoms with Gasteiger partial charge >= 0.3 is 5.97 Å². The van der Waals surface area contributed by atoms with E-state index in [1.165, 1.54) is 12.1 Å². The minimum atomic E-state index is -3.97. The average Bonchev–Trinajstić information content (AvgIpc) is 3.51. The van der Waals surface area contributed by atoms with E-state index < -0.39 is 44.3 Å². The number of hydrogen-bond donors (Lipinski definition) is 3. The molecule has 2 aromatic rings. The molecule has 5 aliphatic carbocycles. The van der Waals surface area contributed by atoms with Crippen molar-refractivity contribution < 1.29 is 42.4 Å². The highest BCUT2D eigenvalue weighted by Crippen LogP contribution is 2.79. The number of hydrogen-bond acceptors (Lipinski definition) is 10. The Bertz CT molecular complexity index is 1710. The lowest BCUT2D eigenvalue weighted by molar-refractivity contribution is -0.337. The smallest absolute Gasteiger partial charge is 0.340 e. The number of anilines is 1. The summed E-state index contributed by atoms with van der Waals surface area (Å²) >= 11 is 0. The monoisotopic (exact) mass is 682 g/mol. The molecule has 8 rings (SSSR count). The number of carbonyl (C=O) groups excluding carboxylic acids is 1. The third-order valence-electron chi connectivity index (χ3n) is 13.6. The van der Waals surface area contributed by atoms with Gasteiger partial charge in [-0.1, -0.05) is 37.3 Å². The quantitative estimate of drug-likeness (QED) is 0.338. The van der Waals surface area contributed by atoms with Crippen LogP contribution in [0.3, 0.4) is 0 Å². The number of fused-ring (bicyclic) bond motifs is 2. The zero-order valence-electron chi connectivity index (χ0n) is 27.9. The van der Waals surface area contributed by atoms with Crippen molar-refractivity contribution in [1.82, 2.24) is 4.90 Å². The highest BCUT2D eigenvalue weighted by atomic mass is 32.2. The van der Waals surface area contributed by atoms with Gasteiger partial charge in [-0.05, 0) is 56.5 Å². The number of aliphatic hydroxyl groups is 2. The Morgan fingerprint density at radius 2 is 1.71 bits per heavy atom. The van der Waals surface area contributed by atoms with Crippen LogP contribution in [0.4, 0.5) is 5.69 Å². The minimum Gasteiger partial charge on any atom is -0.454 e. The molecule has 260 valence electrons. The predicted octanol–water partition coefficient (Wildman–Crippen LogP) is 3.06. The molecule has 0 aromatic heterocycles. The maximum atomic E-state index is 14.4. The van der Waals surface area contributed by atoms with Crippen molar-refractivity contribution in [2.75, 3.05) is 39.1 Å². The summed E-state index contributed by atoms with van der Waals surface area (Å²) in [5.74, 6) is -1.65. The van der Waals surface area contributed by atoms with E-state index in [9.17, 15) is 23.4 Å². The second-order valence-electron chi connectivity index (χ2n) is 14.9. The summed E-state index contributed by atoms with van der Waals surface area (Å²) < 4.78 is 54.4. The first-order chi connectivity index (χ1) is 23.0. The molecule has 1 heterocycles. The number of esters is 1. The number of carbonyl (C=O) groups is 1. The van der Waals surface area contributed by atoms with E-state index in [1.807, 2.05) is 0 Å². The molecule has 1 saturated heterocycles. The molecule has 6 fully saturated rings. The first-order valence-electron chi connectivity index (χ1n) is 17.1. The van der Waals surface area contributed by atoms with Crippen LogP contribution < -0.4 is 4.72 Å². The molecular weight excluding hydrogens is 636 g/mol. The van der Waals surface area contributed by atoms with Gasteiger partial charge in [-0.2, -0.15) is 0 Å². The fraction of sp³-hybridized carbons (Fsp3) is 0.639. The van der Waals surface area contributed by atoms with Crippen LogP contribution in [-0.2, 0) is 29.0 Å². The van der Waals surface area contributed by atoms with Crippen LogP contribution in [-0.4, -0.2) is 105 Å². The van der Waals surface area contributed by atoms with Crippen LogP contribution in [0.5, 0.6) is 0 Å². The number of para-hydroxylation sites is 1. The molecule has 1 spiro atoms. The molecule has 1 unspecified atom stereocenters. The molecule has 1 aliphatic heterocycles. The lowest BCUT2D eigenvalue weighted by Crippen LogP contribution is -2.83. The standard InChI is InChI=1S/C36H46N2O9S/c1-5-38-20-33(47-32(39)22-13-9-10-14-25(22)37-48(42,43)21-11-7-6-8-12-21)16-15-29(45-3)35-27(33)18-24(30(35)38)34(40)19-26(44-2)23-17-28(35)36(34,41)31(23)46-4/h6-14,23-24,26-31,37,40-41H,5,15-20H2,1-4H3/t23-,24+,26+,27-,28+,29+,30?,31+,33-,34+,35+,36+/m1/s1. The summed E-state index contributed by atoms with van der Waals surface area (Å²) in [6.45, 7) is 3.22. The number of nitrogens with zero attached hydrogens (tertiary/aromatic N) is 1. The van der Waals surface area contributed by atoms with E-state index >= 15 is 0 Å². The highest BCUT2D eigenvalue weighted by Gasteiger charge is 2.89. The lowest BCUT2D eigenvalue weighted by Gasteiger charge is -2.70. The Morgan fingerprint density at radius 3 is 2.40 bits per heavy atom. The van der Waals surface area contributed by atoms with Crippen LogP contribution in [0.1, 0.15) is 49.4 Å². The molecule has 5 saturated carbocycles. The molecule has 2 aromatic carbocycles. The lowest BCUT2D eigenvalue weighted by atomic mass is 9.44. The Balaban J connectivity index is 1.22. The first-order valence-corrected chi connectivity index (χ1v) is 18.6. The molecule has 11 nitrogen and oxygen atoms in total. The van der Waals surface area contributed by atoms with E-state index in [1.54, 1.807) is 63.8 Å². The Kier molecular flexibility index (Phi) is 7.45.